The number of benzene rings is 1. The summed E-state index contributed by atoms with van der Waals surface area (Å²) in [6.45, 7) is -0.489. The molecule has 2 aromatic heterocycles. The van der Waals surface area contributed by atoms with Gasteiger partial charge < -0.3 is 25.8 Å². The van der Waals surface area contributed by atoms with E-state index in [1.807, 2.05) is 30.3 Å². The largest absolute Gasteiger partial charge is 0.394 e. The lowest BCUT2D eigenvalue weighted by atomic mass is 9.95. The van der Waals surface area contributed by atoms with Gasteiger partial charge in [0.05, 0.1) is 12.9 Å². The molecule has 1 aromatic carbocycles. The zero-order chi connectivity index (χ0) is 19.2. The van der Waals surface area contributed by atoms with Crippen molar-refractivity contribution in [2.24, 2.45) is 0 Å². The number of fused-ring (bicyclic) bond motifs is 1. The number of nitrogens with one attached hydrogen (secondary N) is 1. The summed E-state index contributed by atoms with van der Waals surface area (Å²) < 4.78 is 7.33. The van der Waals surface area contributed by atoms with Crippen molar-refractivity contribution in [3.63, 3.8) is 0 Å². The van der Waals surface area contributed by atoms with Crippen LogP contribution < -0.4 is 11.3 Å². The summed E-state index contributed by atoms with van der Waals surface area (Å²) in [6.07, 6.45) is -2.31. The normalized spacial score (nSPS) is 28.0. The molecule has 3 aromatic rings. The average molecular weight is 373 g/mol. The Kier molecular flexibility index (Phi) is 4.19. The fourth-order valence-electron chi connectivity index (χ4n) is 3.54. The van der Waals surface area contributed by atoms with Crippen LogP contribution in [0.15, 0.2) is 41.5 Å². The first-order chi connectivity index (χ1) is 13.0. The molecule has 4 atom stereocenters. The number of imidazole rings is 1. The maximum absolute atomic E-state index is 12.1. The highest BCUT2D eigenvalue weighted by atomic mass is 16.6. The first kappa shape index (κ1) is 17.6. The molecule has 1 fully saturated rings. The highest BCUT2D eigenvalue weighted by molar-refractivity contribution is 5.71. The molecule has 0 aliphatic carbocycles. The first-order valence-corrected chi connectivity index (χ1v) is 8.38. The van der Waals surface area contributed by atoms with Gasteiger partial charge in [0.25, 0.3) is 5.56 Å². The van der Waals surface area contributed by atoms with Crippen LogP contribution >= 0.6 is 0 Å². The Labute approximate surface area is 152 Å². The van der Waals surface area contributed by atoms with Gasteiger partial charge in [-0.1, -0.05) is 30.3 Å². The number of H-pyrrole nitrogens is 1. The van der Waals surface area contributed by atoms with Crippen molar-refractivity contribution in [3.8, 4) is 0 Å². The Bertz CT molecular complexity index is 1020. The molecule has 10 heteroatoms. The Hall–Kier alpha value is -2.79. The quantitative estimate of drug-likeness (QED) is 0.378. The summed E-state index contributed by atoms with van der Waals surface area (Å²) in [4.78, 5) is 22.7. The smallest absolute Gasteiger partial charge is 0.280 e. The van der Waals surface area contributed by atoms with Crippen molar-refractivity contribution in [3.05, 3.63) is 52.6 Å². The number of aliphatic hydroxyl groups excluding tert-OH is 3. The van der Waals surface area contributed by atoms with Gasteiger partial charge in [-0.15, -0.1) is 0 Å². The van der Waals surface area contributed by atoms with Crippen molar-refractivity contribution in [1.82, 2.24) is 19.5 Å². The molecule has 142 valence electrons. The van der Waals surface area contributed by atoms with Crippen LogP contribution in [0, 0.1) is 0 Å². The molecule has 3 heterocycles. The number of nitrogens with two attached hydrogens (primary N) is 1. The van der Waals surface area contributed by atoms with Gasteiger partial charge in [0.2, 0.25) is 5.95 Å². The SMILES string of the molecule is Nc1nc2c(ncn2[C@]2(Cc3ccccc3)O[C@H](CO)[C@@H](O)[C@H]2O)c(=O)[nH]1. The summed E-state index contributed by atoms with van der Waals surface area (Å²) in [5, 5.41) is 30.8. The molecule has 1 aliphatic rings. The van der Waals surface area contributed by atoms with E-state index in [4.69, 9.17) is 10.5 Å². The maximum atomic E-state index is 12.1. The van der Waals surface area contributed by atoms with Gasteiger partial charge in [-0.25, -0.2) is 4.98 Å². The average Bonchev–Trinajstić information content (AvgIpc) is 3.18. The molecular formula is C17H19N5O5. The van der Waals surface area contributed by atoms with Crippen molar-refractivity contribution < 1.29 is 20.1 Å². The van der Waals surface area contributed by atoms with Gasteiger partial charge in [-0.2, -0.15) is 4.98 Å². The van der Waals surface area contributed by atoms with Crippen molar-refractivity contribution >= 4 is 17.1 Å². The molecule has 0 radical (unpaired) electrons. The third kappa shape index (κ3) is 2.70. The minimum atomic E-state index is -1.53. The van der Waals surface area contributed by atoms with Crippen LogP contribution in [0.1, 0.15) is 5.56 Å². The van der Waals surface area contributed by atoms with Crippen molar-refractivity contribution in [2.75, 3.05) is 12.3 Å². The summed E-state index contributed by atoms with van der Waals surface area (Å²) in [5.41, 5.74) is 4.54. The van der Waals surface area contributed by atoms with Crippen LogP contribution in [-0.2, 0) is 16.9 Å². The number of hydrogen-bond donors (Lipinski definition) is 5. The van der Waals surface area contributed by atoms with Crippen LogP contribution in [0.25, 0.3) is 11.2 Å². The lowest BCUT2D eigenvalue weighted by Crippen LogP contribution is -2.47. The lowest BCUT2D eigenvalue weighted by molar-refractivity contribution is -0.145. The topological polar surface area (TPSA) is 160 Å². The van der Waals surface area contributed by atoms with Gasteiger partial charge in [-0.05, 0) is 5.56 Å². The van der Waals surface area contributed by atoms with Crippen LogP contribution in [-0.4, -0.2) is 59.8 Å². The van der Waals surface area contributed by atoms with Gasteiger partial charge >= 0.3 is 0 Å². The van der Waals surface area contributed by atoms with Crippen molar-refractivity contribution in [1.29, 1.82) is 0 Å². The standard InChI is InChI=1S/C17H19N5O5/c18-16-20-14-11(15(26)21-16)19-8-22(14)17(6-9-4-2-1-3-5-9)13(25)12(24)10(7-23)27-17/h1-5,8,10,12-13,23-25H,6-7H2,(H3,18,20,21,26)/t10-,12-,13-,17-/m1/s1. The zero-order valence-corrected chi connectivity index (χ0v) is 14.2. The number of aliphatic hydroxyl groups is 3. The fourth-order valence-corrected chi connectivity index (χ4v) is 3.54. The second-order valence-corrected chi connectivity index (χ2v) is 6.52. The molecule has 1 saturated heterocycles. The Morgan fingerprint density at radius 1 is 1.30 bits per heavy atom. The van der Waals surface area contributed by atoms with E-state index >= 15 is 0 Å². The predicted octanol–water partition coefficient (Wildman–Crippen LogP) is -1.29. The molecule has 0 saturated carbocycles. The summed E-state index contributed by atoms with van der Waals surface area (Å²) in [7, 11) is 0. The summed E-state index contributed by atoms with van der Waals surface area (Å²) in [5.74, 6) is -0.115. The van der Waals surface area contributed by atoms with Crippen LogP contribution in [0.3, 0.4) is 0 Å². The molecule has 27 heavy (non-hydrogen) atoms. The van der Waals surface area contributed by atoms with Crippen molar-refractivity contribution in [2.45, 2.75) is 30.5 Å². The molecule has 0 spiro atoms. The van der Waals surface area contributed by atoms with E-state index in [0.717, 1.165) is 5.56 Å². The van der Waals surface area contributed by atoms with E-state index in [9.17, 15) is 20.1 Å². The second kappa shape index (κ2) is 6.43. The highest BCUT2D eigenvalue weighted by Crippen LogP contribution is 2.39. The number of rotatable bonds is 4. The van der Waals surface area contributed by atoms with E-state index < -0.39 is 36.2 Å². The number of nitrogen functional groups attached to an aromatic ring is 1. The van der Waals surface area contributed by atoms with Crippen LogP contribution in [0.5, 0.6) is 0 Å². The van der Waals surface area contributed by atoms with E-state index in [2.05, 4.69) is 15.0 Å². The minimum absolute atomic E-state index is 0.0226. The molecule has 6 N–H and O–H groups in total. The number of aromatic nitrogens is 4. The molecule has 10 nitrogen and oxygen atoms in total. The number of ether oxygens (including phenoxy) is 1. The molecule has 4 rings (SSSR count). The fraction of sp³-hybridized carbons (Fsp3) is 0.353. The van der Waals surface area contributed by atoms with Gasteiger partial charge in [0, 0.05) is 6.42 Å². The molecule has 0 amide bonds. The zero-order valence-electron chi connectivity index (χ0n) is 14.2. The van der Waals surface area contributed by atoms with Gasteiger partial charge in [0.1, 0.15) is 18.3 Å². The summed E-state index contributed by atoms with van der Waals surface area (Å²) in [6, 6.07) is 9.19. The van der Waals surface area contributed by atoms with Crippen LogP contribution in [0.4, 0.5) is 5.95 Å². The molecule has 0 unspecified atom stereocenters. The van der Waals surface area contributed by atoms with E-state index in [1.54, 1.807) is 0 Å². The van der Waals surface area contributed by atoms with E-state index in [-0.39, 0.29) is 23.5 Å². The number of anilines is 1. The monoisotopic (exact) mass is 373 g/mol. The minimum Gasteiger partial charge on any atom is -0.394 e. The summed E-state index contributed by atoms with van der Waals surface area (Å²) >= 11 is 0. The van der Waals surface area contributed by atoms with Crippen LogP contribution in [0.2, 0.25) is 0 Å². The highest BCUT2D eigenvalue weighted by Gasteiger charge is 2.56. The number of hydrogen-bond acceptors (Lipinski definition) is 8. The lowest BCUT2D eigenvalue weighted by Gasteiger charge is -2.34. The Morgan fingerprint density at radius 2 is 2.04 bits per heavy atom. The first-order valence-electron chi connectivity index (χ1n) is 8.38. The van der Waals surface area contributed by atoms with Gasteiger partial charge in [0.15, 0.2) is 16.9 Å². The third-order valence-electron chi connectivity index (χ3n) is 4.84. The maximum Gasteiger partial charge on any atom is 0.280 e. The van der Waals surface area contributed by atoms with E-state index in [0.29, 0.717) is 0 Å². The van der Waals surface area contributed by atoms with E-state index in [1.165, 1.54) is 10.9 Å². The Morgan fingerprint density at radius 3 is 2.70 bits per heavy atom. The number of nitrogens with zero attached hydrogens (tertiary/aromatic N) is 3. The van der Waals surface area contributed by atoms with Gasteiger partial charge in [-0.3, -0.25) is 14.3 Å². The molecular weight excluding hydrogens is 354 g/mol. The molecule has 0 bridgehead atoms. The Balaban J connectivity index is 1.93. The number of aromatic amines is 1. The molecule has 1 aliphatic heterocycles. The second-order valence-electron chi connectivity index (χ2n) is 6.52. The predicted molar refractivity (Wildman–Crippen MR) is 94.7 cm³/mol. The third-order valence-corrected chi connectivity index (χ3v) is 4.84.